The summed E-state index contributed by atoms with van der Waals surface area (Å²) in [5.74, 6) is 0. The molecule has 22 heavy (non-hydrogen) atoms. The zero-order valence-corrected chi connectivity index (χ0v) is 20.7. The molecule has 0 amide bonds. The Bertz CT molecular complexity index is 344. The van der Waals surface area contributed by atoms with Gasteiger partial charge in [0.1, 0.15) is 0 Å². The molecular weight excluding hydrogens is 421 g/mol. The Morgan fingerprint density at radius 3 is 1.73 bits per heavy atom. The molecular formula is C6H22N2O6Si8. The third-order valence-electron chi connectivity index (χ3n) is 3.13. The predicted molar refractivity (Wildman–Crippen MR) is 97.1 cm³/mol. The van der Waals surface area contributed by atoms with Crippen LogP contribution in [0, 0.1) is 0 Å². The van der Waals surface area contributed by atoms with Gasteiger partial charge < -0.3 is 38.2 Å². The van der Waals surface area contributed by atoms with E-state index in [9.17, 15) is 14.4 Å². The van der Waals surface area contributed by atoms with Crippen LogP contribution in [0.15, 0.2) is 0 Å². The van der Waals surface area contributed by atoms with Gasteiger partial charge in [0.05, 0.1) is 25.7 Å². The first kappa shape index (κ1) is 19.7. The molecule has 2 heterocycles. The van der Waals surface area contributed by atoms with Crippen molar-refractivity contribution in [3.63, 3.8) is 0 Å². The number of hydrogen-bond acceptors (Lipinski definition) is 8. The van der Waals surface area contributed by atoms with E-state index >= 15 is 0 Å². The largest absolute Gasteiger partial charge is 0.479 e. The van der Waals surface area contributed by atoms with Gasteiger partial charge in [0.2, 0.25) is 0 Å². The van der Waals surface area contributed by atoms with Crippen LogP contribution in [-0.2, 0) is 12.3 Å². The number of hydrogen-bond donors (Lipinski definition) is 5. The van der Waals surface area contributed by atoms with E-state index in [-0.39, 0.29) is 25.7 Å². The van der Waals surface area contributed by atoms with Crippen LogP contribution in [-0.4, -0.2) is 95.0 Å². The van der Waals surface area contributed by atoms with Crippen molar-refractivity contribution in [2.24, 2.45) is 11.5 Å². The summed E-state index contributed by atoms with van der Waals surface area (Å²) in [6.45, 7) is 0.892. The first-order valence-corrected chi connectivity index (χ1v) is 26.2. The van der Waals surface area contributed by atoms with Crippen molar-refractivity contribution in [2.75, 3.05) is 13.1 Å². The van der Waals surface area contributed by atoms with Crippen molar-refractivity contribution in [2.45, 2.75) is 24.9 Å². The Hall–Kier alpha value is 1.42. The molecule has 0 aliphatic carbocycles. The topological polar surface area (TPSA) is 140 Å². The molecule has 2 aliphatic heterocycles. The van der Waals surface area contributed by atoms with Gasteiger partial charge in [0, 0.05) is 12.1 Å². The van der Waals surface area contributed by atoms with E-state index in [1.165, 1.54) is 0 Å². The highest BCUT2D eigenvalue weighted by molar-refractivity contribution is 7.84. The molecule has 6 radical (unpaired) electrons. The van der Waals surface area contributed by atoms with Crippen molar-refractivity contribution in [3.8, 4) is 0 Å². The molecule has 7 N–H and O–H groups in total. The fraction of sp³-hybridized carbons (Fsp3) is 1.00. The summed E-state index contributed by atoms with van der Waals surface area (Å²) in [6, 6.07) is 0.723. The van der Waals surface area contributed by atoms with Crippen LogP contribution in [0.5, 0.6) is 0 Å². The molecule has 0 aromatic heterocycles. The van der Waals surface area contributed by atoms with Crippen LogP contribution >= 0.6 is 0 Å². The summed E-state index contributed by atoms with van der Waals surface area (Å²) >= 11 is 0. The van der Waals surface area contributed by atoms with Crippen LogP contribution in [0.1, 0.15) is 12.8 Å². The van der Waals surface area contributed by atoms with E-state index in [1.54, 1.807) is 0 Å². The van der Waals surface area contributed by atoms with E-state index in [0.717, 1.165) is 0 Å². The summed E-state index contributed by atoms with van der Waals surface area (Å²) in [5.41, 5.74) is 11.1. The van der Waals surface area contributed by atoms with E-state index in [1.807, 2.05) is 0 Å². The molecule has 0 aromatic carbocycles. The smallest absolute Gasteiger partial charge is 0.440 e. The lowest BCUT2D eigenvalue weighted by Gasteiger charge is -2.42. The van der Waals surface area contributed by atoms with Crippen LogP contribution < -0.4 is 11.5 Å². The van der Waals surface area contributed by atoms with E-state index < -0.39 is 41.8 Å². The molecule has 2 rings (SSSR count). The molecule has 8 nitrogen and oxygen atoms in total. The maximum Gasteiger partial charge on any atom is 0.479 e. The van der Waals surface area contributed by atoms with Crippen molar-refractivity contribution >= 4 is 67.5 Å². The molecule has 2 atom stereocenters. The molecule has 16 heteroatoms. The molecule has 2 saturated heterocycles. The van der Waals surface area contributed by atoms with Gasteiger partial charge in [-0.2, -0.15) is 0 Å². The van der Waals surface area contributed by atoms with E-state index in [2.05, 4.69) is 0 Å². The molecule has 2 fully saturated rings. The summed E-state index contributed by atoms with van der Waals surface area (Å²) in [4.78, 5) is 31.9. The number of nitrogens with two attached hydrogens (primary N) is 2. The fourth-order valence-electron chi connectivity index (χ4n) is 2.19. The van der Waals surface area contributed by atoms with Crippen molar-refractivity contribution in [1.82, 2.24) is 0 Å². The van der Waals surface area contributed by atoms with E-state index in [0.29, 0.717) is 38.0 Å². The highest BCUT2D eigenvalue weighted by Gasteiger charge is 2.55. The maximum absolute atomic E-state index is 10.8. The SMILES string of the molecule is NCCC[Si]1(O)O[Si]2[SiH][Si](O)[SiH][Si](O[Si](O)(CCCN)O1)[SiH]2. The molecule has 2 bridgehead atoms. The van der Waals surface area contributed by atoms with Crippen LogP contribution in [0.25, 0.3) is 0 Å². The maximum atomic E-state index is 10.8. The molecule has 124 valence electrons. The van der Waals surface area contributed by atoms with Gasteiger partial charge in [-0.25, -0.2) is 0 Å². The van der Waals surface area contributed by atoms with Crippen molar-refractivity contribution in [3.05, 3.63) is 0 Å². The first-order valence-electron chi connectivity index (χ1n) is 7.15. The molecule has 0 aromatic rings. The van der Waals surface area contributed by atoms with Crippen molar-refractivity contribution < 1.29 is 26.7 Å². The zero-order chi connectivity index (χ0) is 16.2. The highest BCUT2D eigenvalue weighted by atomic mass is 30.1. The Morgan fingerprint density at radius 2 is 1.32 bits per heavy atom. The number of fused-ring (bicyclic) bond motifs is 2. The lowest BCUT2D eigenvalue weighted by atomic mass is 10.5. The van der Waals surface area contributed by atoms with E-state index in [4.69, 9.17) is 23.8 Å². The van der Waals surface area contributed by atoms with Crippen LogP contribution in [0.2, 0.25) is 12.1 Å². The second kappa shape index (κ2) is 8.68. The molecule has 2 aliphatic rings. The lowest BCUT2D eigenvalue weighted by molar-refractivity contribution is 0.169. The fourth-order valence-corrected chi connectivity index (χ4v) is 111. The Kier molecular flexibility index (Phi) is 7.79. The molecule has 0 saturated carbocycles. The Balaban J connectivity index is 2.16. The average Bonchev–Trinajstić information content (AvgIpc) is 2.41. The van der Waals surface area contributed by atoms with Gasteiger partial charge in [-0.1, -0.05) is 0 Å². The first-order chi connectivity index (χ1) is 10.4. The minimum Gasteiger partial charge on any atom is -0.440 e. The normalized spacial score (nSPS) is 35.3. The predicted octanol–water partition coefficient (Wildman–Crippen LogP) is -5.12. The second-order valence-corrected chi connectivity index (χ2v) is 41.6. The summed E-state index contributed by atoms with van der Waals surface area (Å²) < 4.78 is 17.9. The third kappa shape index (κ3) is 5.75. The molecule has 0 spiro atoms. The van der Waals surface area contributed by atoms with Gasteiger partial charge in [-0.15, -0.1) is 0 Å². The molecule has 2 unspecified atom stereocenters. The zero-order valence-electron chi connectivity index (χ0n) is 12.2. The Morgan fingerprint density at radius 1 is 0.864 bits per heavy atom. The third-order valence-corrected chi connectivity index (χ3v) is 65.8. The quantitative estimate of drug-likeness (QED) is 0.257. The monoisotopic (exact) mass is 442 g/mol. The summed E-state index contributed by atoms with van der Waals surface area (Å²) in [7, 11) is -10.5. The minimum atomic E-state index is -3.45. The van der Waals surface area contributed by atoms with Crippen LogP contribution in [0.4, 0.5) is 0 Å². The second-order valence-electron chi connectivity index (χ2n) is 5.18. The summed E-state index contributed by atoms with van der Waals surface area (Å²) in [6.07, 6.45) is 1.20. The van der Waals surface area contributed by atoms with Gasteiger partial charge in [0.15, 0.2) is 24.2 Å². The van der Waals surface area contributed by atoms with Gasteiger partial charge in [-0.3, -0.25) is 0 Å². The number of rotatable bonds is 6. The van der Waals surface area contributed by atoms with Crippen molar-refractivity contribution in [1.29, 1.82) is 0 Å². The van der Waals surface area contributed by atoms with Gasteiger partial charge in [-0.05, 0) is 25.9 Å². The standard InChI is InChI=1S/C6H22N2O6Si8/c7-3-1-5-21(10)12-19-15-18(9)16-20(17-19)13-22(11,14-21)6-2-4-8/h9-11,15-17H,1-8H2. The van der Waals surface area contributed by atoms with Gasteiger partial charge in [0.25, 0.3) is 0 Å². The van der Waals surface area contributed by atoms with Gasteiger partial charge >= 0.3 is 17.6 Å². The Labute approximate surface area is 143 Å². The lowest BCUT2D eigenvalue weighted by Crippen LogP contribution is -2.72. The average molecular weight is 443 g/mol. The summed E-state index contributed by atoms with van der Waals surface area (Å²) in [5, 5.41) is 0. The highest BCUT2D eigenvalue weighted by Crippen LogP contribution is 2.25. The van der Waals surface area contributed by atoms with Crippen LogP contribution in [0.3, 0.4) is 0 Å². The minimum absolute atomic E-state index is 0.0219.